The van der Waals surface area contributed by atoms with Crippen LogP contribution in [0.5, 0.6) is 5.75 Å². The summed E-state index contributed by atoms with van der Waals surface area (Å²) in [6.45, 7) is 0.519. The van der Waals surface area contributed by atoms with Gasteiger partial charge in [0.2, 0.25) is 0 Å². The van der Waals surface area contributed by atoms with Crippen molar-refractivity contribution in [3.05, 3.63) is 78.4 Å². The fourth-order valence-electron chi connectivity index (χ4n) is 2.15. The number of anilines is 4. The second-order valence-electron chi connectivity index (χ2n) is 5.30. The Kier molecular flexibility index (Phi) is 4.34. The van der Waals surface area contributed by atoms with Gasteiger partial charge in [0, 0.05) is 22.7 Å². The smallest absolute Gasteiger partial charge is 0.119 e. The van der Waals surface area contributed by atoms with Gasteiger partial charge in [0.15, 0.2) is 0 Å². The summed E-state index contributed by atoms with van der Waals surface area (Å²) in [5, 5.41) is 3.31. The van der Waals surface area contributed by atoms with Gasteiger partial charge in [-0.2, -0.15) is 0 Å². The van der Waals surface area contributed by atoms with Crippen molar-refractivity contribution in [2.24, 2.45) is 0 Å². The number of hydrogen-bond donors (Lipinski definition) is 3. The van der Waals surface area contributed by atoms with Gasteiger partial charge in [-0.15, -0.1) is 0 Å². The normalized spacial score (nSPS) is 10.3. The lowest BCUT2D eigenvalue weighted by atomic mass is 10.2. The maximum atomic E-state index is 5.77. The Morgan fingerprint density at radius 2 is 1.13 bits per heavy atom. The van der Waals surface area contributed by atoms with Gasteiger partial charge >= 0.3 is 0 Å². The number of rotatable bonds is 5. The summed E-state index contributed by atoms with van der Waals surface area (Å²) < 4.78 is 5.77. The maximum Gasteiger partial charge on any atom is 0.119 e. The monoisotopic (exact) mass is 305 g/mol. The predicted octanol–water partition coefficient (Wildman–Crippen LogP) is 4.17. The molecule has 0 aliphatic carbocycles. The predicted molar refractivity (Wildman–Crippen MR) is 95.8 cm³/mol. The molecular weight excluding hydrogens is 286 g/mol. The maximum absolute atomic E-state index is 5.77. The highest BCUT2D eigenvalue weighted by Crippen LogP contribution is 2.21. The third-order valence-corrected chi connectivity index (χ3v) is 3.44. The second-order valence-corrected chi connectivity index (χ2v) is 5.30. The summed E-state index contributed by atoms with van der Waals surface area (Å²) in [5.74, 6) is 0.824. The van der Waals surface area contributed by atoms with Crippen molar-refractivity contribution in [2.75, 3.05) is 16.8 Å². The van der Waals surface area contributed by atoms with Gasteiger partial charge in [0.25, 0.3) is 0 Å². The molecule has 23 heavy (non-hydrogen) atoms. The molecule has 3 aromatic carbocycles. The fraction of sp³-hybridized carbons (Fsp3) is 0.0526. The number of nitrogen functional groups attached to an aromatic ring is 2. The zero-order valence-electron chi connectivity index (χ0n) is 12.7. The van der Waals surface area contributed by atoms with E-state index in [1.165, 1.54) is 0 Å². The van der Waals surface area contributed by atoms with Gasteiger partial charge in [-0.3, -0.25) is 0 Å². The molecule has 0 heterocycles. The van der Waals surface area contributed by atoms with Crippen LogP contribution in [0.1, 0.15) is 5.56 Å². The van der Waals surface area contributed by atoms with E-state index in [-0.39, 0.29) is 0 Å². The molecule has 0 aromatic heterocycles. The molecule has 116 valence electrons. The van der Waals surface area contributed by atoms with Crippen LogP contribution in [0.15, 0.2) is 72.8 Å². The first kappa shape index (κ1) is 14.8. The molecule has 0 radical (unpaired) electrons. The average molecular weight is 305 g/mol. The quantitative estimate of drug-likeness (QED) is 0.618. The third-order valence-electron chi connectivity index (χ3n) is 3.44. The molecule has 0 spiro atoms. The Morgan fingerprint density at radius 1 is 0.652 bits per heavy atom. The van der Waals surface area contributed by atoms with Crippen molar-refractivity contribution in [1.29, 1.82) is 0 Å². The number of nitrogens with one attached hydrogen (secondary N) is 1. The average Bonchev–Trinajstić information content (AvgIpc) is 2.58. The minimum atomic E-state index is 0.519. The van der Waals surface area contributed by atoms with Crippen molar-refractivity contribution < 1.29 is 4.74 Å². The number of hydrogen-bond acceptors (Lipinski definition) is 4. The fourth-order valence-corrected chi connectivity index (χ4v) is 2.15. The molecule has 0 atom stereocenters. The highest BCUT2D eigenvalue weighted by atomic mass is 16.5. The molecule has 0 aliphatic heterocycles. The topological polar surface area (TPSA) is 73.3 Å². The Labute approximate surface area is 135 Å². The number of ether oxygens (including phenoxy) is 1. The zero-order valence-corrected chi connectivity index (χ0v) is 12.7. The lowest BCUT2D eigenvalue weighted by molar-refractivity contribution is 0.306. The minimum Gasteiger partial charge on any atom is -0.489 e. The van der Waals surface area contributed by atoms with E-state index in [9.17, 15) is 0 Å². The summed E-state index contributed by atoms with van der Waals surface area (Å²) in [4.78, 5) is 0. The third kappa shape index (κ3) is 4.17. The summed E-state index contributed by atoms with van der Waals surface area (Å²) in [7, 11) is 0. The lowest BCUT2D eigenvalue weighted by Crippen LogP contribution is -1.96. The standard InChI is InChI=1S/C19H19N3O/c20-15-3-1-14(2-4-15)13-23-19-11-9-18(10-12-19)22-17-7-5-16(21)6-8-17/h1-12,22H,13,20-21H2. The van der Waals surface area contributed by atoms with Gasteiger partial charge in [-0.1, -0.05) is 12.1 Å². The zero-order chi connectivity index (χ0) is 16.1. The van der Waals surface area contributed by atoms with Crippen molar-refractivity contribution in [3.63, 3.8) is 0 Å². The Hall–Kier alpha value is -3.14. The molecule has 4 heteroatoms. The minimum absolute atomic E-state index is 0.519. The van der Waals surface area contributed by atoms with Crippen LogP contribution in [0, 0.1) is 0 Å². The van der Waals surface area contributed by atoms with Crippen LogP contribution in [-0.4, -0.2) is 0 Å². The van der Waals surface area contributed by atoms with E-state index in [0.29, 0.717) is 6.61 Å². The van der Waals surface area contributed by atoms with Gasteiger partial charge in [-0.05, 0) is 66.2 Å². The molecular formula is C19H19N3O. The molecule has 0 unspecified atom stereocenters. The van der Waals surface area contributed by atoms with Crippen molar-refractivity contribution in [1.82, 2.24) is 0 Å². The molecule has 5 N–H and O–H groups in total. The largest absolute Gasteiger partial charge is 0.489 e. The van der Waals surface area contributed by atoms with E-state index in [1.807, 2.05) is 72.8 Å². The van der Waals surface area contributed by atoms with Crippen LogP contribution in [0.25, 0.3) is 0 Å². The molecule has 0 saturated heterocycles. The SMILES string of the molecule is Nc1ccc(COc2ccc(Nc3ccc(N)cc3)cc2)cc1. The molecule has 0 saturated carbocycles. The van der Waals surface area contributed by atoms with Crippen LogP contribution in [0.4, 0.5) is 22.7 Å². The van der Waals surface area contributed by atoms with Crippen molar-refractivity contribution >= 4 is 22.7 Å². The van der Waals surface area contributed by atoms with E-state index in [4.69, 9.17) is 16.2 Å². The molecule has 0 aliphatic rings. The molecule has 3 rings (SSSR count). The van der Waals surface area contributed by atoms with Crippen LogP contribution in [0.3, 0.4) is 0 Å². The molecule has 0 bridgehead atoms. The van der Waals surface area contributed by atoms with Crippen molar-refractivity contribution in [2.45, 2.75) is 6.61 Å². The summed E-state index contributed by atoms with van der Waals surface area (Å²) in [6.07, 6.45) is 0. The summed E-state index contributed by atoms with van der Waals surface area (Å²) in [6, 6.07) is 23.1. The molecule has 4 nitrogen and oxygen atoms in total. The van der Waals surface area contributed by atoms with E-state index < -0.39 is 0 Å². The Balaban J connectivity index is 1.58. The van der Waals surface area contributed by atoms with Gasteiger partial charge in [-0.25, -0.2) is 0 Å². The first-order valence-corrected chi connectivity index (χ1v) is 7.39. The number of nitrogens with two attached hydrogens (primary N) is 2. The molecule has 3 aromatic rings. The highest BCUT2D eigenvalue weighted by molar-refractivity contribution is 5.62. The number of benzene rings is 3. The highest BCUT2D eigenvalue weighted by Gasteiger charge is 1.98. The van der Waals surface area contributed by atoms with Crippen LogP contribution < -0.4 is 21.5 Å². The van der Waals surface area contributed by atoms with Crippen molar-refractivity contribution in [3.8, 4) is 5.75 Å². The Bertz CT molecular complexity index is 750. The molecule has 0 amide bonds. The van der Waals surface area contributed by atoms with E-state index >= 15 is 0 Å². The summed E-state index contributed by atoms with van der Waals surface area (Å²) >= 11 is 0. The van der Waals surface area contributed by atoms with E-state index in [2.05, 4.69) is 5.32 Å². The van der Waals surface area contributed by atoms with Crippen LogP contribution >= 0.6 is 0 Å². The van der Waals surface area contributed by atoms with Gasteiger partial charge in [0.1, 0.15) is 12.4 Å². The van der Waals surface area contributed by atoms with E-state index in [1.54, 1.807) is 0 Å². The molecule has 0 fully saturated rings. The van der Waals surface area contributed by atoms with E-state index in [0.717, 1.165) is 34.1 Å². The van der Waals surface area contributed by atoms with Gasteiger partial charge in [0.05, 0.1) is 0 Å². The first-order chi connectivity index (χ1) is 11.2. The van der Waals surface area contributed by atoms with Gasteiger partial charge < -0.3 is 21.5 Å². The Morgan fingerprint density at radius 3 is 1.70 bits per heavy atom. The lowest BCUT2D eigenvalue weighted by Gasteiger charge is -2.09. The second kappa shape index (κ2) is 6.75. The summed E-state index contributed by atoms with van der Waals surface area (Å²) in [5.41, 5.74) is 15.9. The first-order valence-electron chi connectivity index (χ1n) is 7.39. The van der Waals surface area contributed by atoms with Crippen LogP contribution in [-0.2, 0) is 6.61 Å². The van der Waals surface area contributed by atoms with Crippen LogP contribution in [0.2, 0.25) is 0 Å².